The maximum Gasteiger partial charge on any atom is 0.242 e. The molecule has 1 amide bonds. The van der Waals surface area contributed by atoms with Gasteiger partial charge >= 0.3 is 0 Å². The van der Waals surface area contributed by atoms with Crippen LogP contribution in [0.1, 0.15) is 18.1 Å². The monoisotopic (exact) mass is 232 g/mol. The Morgan fingerprint density at radius 3 is 2.82 bits per heavy atom. The molecular formula is C14H20N2O. The summed E-state index contributed by atoms with van der Waals surface area (Å²) in [7, 11) is 0. The van der Waals surface area contributed by atoms with Crippen molar-refractivity contribution in [2.24, 2.45) is 0 Å². The van der Waals surface area contributed by atoms with Crippen molar-refractivity contribution in [2.45, 2.75) is 26.8 Å². The molecule has 1 aromatic carbocycles. The number of nitrogens with one attached hydrogen (secondary N) is 2. The number of carbonyl (C=O) groups excluding carboxylic acids is 1. The molecule has 1 rings (SSSR count). The quantitative estimate of drug-likeness (QED) is 0.765. The van der Waals surface area contributed by atoms with Gasteiger partial charge in [-0.3, -0.25) is 4.79 Å². The highest BCUT2D eigenvalue weighted by Gasteiger charge is 2.12. The molecule has 0 saturated carbocycles. The average molecular weight is 232 g/mol. The molecule has 0 spiro atoms. The first-order valence-corrected chi connectivity index (χ1v) is 5.77. The summed E-state index contributed by atoms with van der Waals surface area (Å²) < 4.78 is 0. The molecule has 3 heteroatoms. The molecular weight excluding hydrogens is 212 g/mol. The lowest BCUT2D eigenvalue weighted by Gasteiger charge is -2.17. The van der Waals surface area contributed by atoms with Crippen LogP contribution in [0.15, 0.2) is 30.9 Å². The lowest BCUT2D eigenvalue weighted by atomic mass is 10.1. The van der Waals surface area contributed by atoms with Gasteiger partial charge in [0, 0.05) is 12.2 Å². The standard InChI is InChI=1S/C14H20N2O/c1-5-9-15-14(17)12(4)16-13-8-6-7-10(2)11(13)3/h5-8,12,16H,1,9H2,2-4H3,(H,15,17). The maximum absolute atomic E-state index is 11.7. The molecule has 0 bridgehead atoms. The van der Waals surface area contributed by atoms with E-state index in [0.29, 0.717) is 6.54 Å². The van der Waals surface area contributed by atoms with Crippen LogP contribution in [0.25, 0.3) is 0 Å². The molecule has 0 heterocycles. The smallest absolute Gasteiger partial charge is 0.242 e. The van der Waals surface area contributed by atoms with E-state index in [1.807, 2.05) is 26.0 Å². The van der Waals surface area contributed by atoms with Crippen molar-refractivity contribution >= 4 is 11.6 Å². The topological polar surface area (TPSA) is 41.1 Å². The van der Waals surface area contributed by atoms with Crippen LogP contribution >= 0.6 is 0 Å². The van der Waals surface area contributed by atoms with Gasteiger partial charge in [-0.05, 0) is 38.0 Å². The van der Waals surface area contributed by atoms with E-state index in [1.54, 1.807) is 6.08 Å². The van der Waals surface area contributed by atoms with Crippen LogP contribution in [-0.2, 0) is 4.79 Å². The molecule has 1 aromatic rings. The van der Waals surface area contributed by atoms with Crippen molar-refractivity contribution < 1.29 is 4.79 Å². The van der Waals surface area contributed by atoms with Crippen molar-refractivity contribution in [3.8, 4) is 0 Å². The number of benzene rings is 1. The van der Waals surface area contributed by atoms with Crippen molar-refractivity contribution in [1.82, 2.24) is 5.32 Å². The Hall–Kier alpha value is -1.77. The van der Waals surface area contributed by atoms with E-state index in [0.717, 1.165) is 5.69 Å². The highest BCUT2D eigenvalue weighted by molar-refractivity contribution is 5.84. The average Bonchev–Trinajstić information content (AvgIpc) is 2.31. The second-order valence-corrected chi connectivity index (χ2v) is 4.15. The second-order valence-electron chi connectivity index (χ2n) is 4.15. The first-order chi connectivity index (χ1) is 8.06. The largest absolute Gasteiger partial charge is 0.374 e. The fourth-order valence-electron chi connectivity index (χ4n) is 1.53. The summed E-state index contributed by atoms with van der Waals surface area (Å²) in [5.74, 6) is -0.0224. The Bertz CT molecular complexity index is 413. The number of anilines is 1. The van der Waals surface area contributed by atoms with Gasteiger partial charge in [-0.25, -0.2) is 0 Å². The van der Waals surface area contributed by atoms with Gasteiger partial charge in [-0.15, -0.1) is 6.58 Å². The Morgan fingerprint density at radius 1 is 1.47 bits per heavy atom. The van der Waals surface area contributed by atoms with Gasteiger partial charge < -0.3 is 10.6 Å². The van der Waals surface area contributed by atoms with E-state index < -0.39 is 0 Å². The van der Waals surface area contributed by atoms with E-state index in [9.17, 15) is 4.79 Å². The summed E-state index contributed by atoms with van der Waals surface area (Å²) in [5, 5.41) is 5.98. The predicted octanol–water partition coefficient (Wildman–Crippen LogP) is 2.41. The van der Waals surface area contributed by atoms with Crippen LogP contribution in [-0.4, -0.2) is 18.5 Å². The van der Waals surface area contributed by atoms with Crippen molar-refractivity contribution in [2.75, 3.05) is 11.9 Å². The third kappa shape index (κ3) is 3.63. The second kappa shape index (κ2) is 6.09. The zero-order chi connectivity index (χ0) is 12.8. The van der Waals surface area contributed by atoms with Gasteiger partial charge in [0.25, 0.3) is 0 Å². The highest BCUT2D eigenvalue weighted by Crippen LogP contribution is 2.18. The lowest BCUT2D eigenvalue weighted by molar-refractivity contribution is -0.121. The third-order valence-corrected chi connectivity index (χ3v) is 2.79. The SMILES string of the molecule is C=CCNC(=O)C(C)Nc1cccc(C)c1C. The Morgan fingerprint density at radius 2 is 2.18 bits per heavy atom. The summed E-state index contributed by atoms with van der Waals surface area (Å²) in [6.07, 6.45) is 1.67. The summed E-state index contributed by atoms with van der Waals surface area (Å²) in [6.45, 7) is 10.0. The molecule has 0 aromatic heterocycles. The molecule has 92 valence electrons. The molecule has 2 N–H and O–H groups in total. The molecule has 17 heavy (non-hydrogen) atoms. The first-order valence-electron chi connectivity index (χ1n) is 5.77. The summed E-state index contributed by atoms with van der Waals surface area (Å²) in [4.78, 5) is 11.7. The van der Waals surface area contributed by atoms with Crippen molar-refractivity contribution in [3.63, 3.8) is 0 Å². The number of aryl methyl sites for hydroxylation is 1. The fourth-order valence-corrected chi connectivity index (χ4v) is 1.53. The zero-order valence-electron chi connectivity index (χ0n) is 10.7. The van der Waals surface area contributed by atoms with Gasteiger partial charge in [0.1, 0.15) is 6.04 Å². The summed E-state index contributed by atoms with van der Waals surface area (Å²) in [5.41, 5.74) is 3.40. The van der Waals surface area contributed by atoms with E-state index in [1.165, 1.54) is 11.1 Å². The van der Waals surface area contributed by atoms with Crippen LogP contribution in [0.5, 0.6) is 0 Å². The van der Waals surface area contributed by atoms with E-state index in [2.05, 4.69) is 30.2 Å². The minimum Gasteiger partial charge on any atom is -0.374 e. The molecule has 0 saturated heterocycles. The summed E-state index contributed by atoms with van der Waals surface area (Å²) in [6, 6.07) is 5.78. The van der Waals surface area contributed by atoms with Crippen LogP contribution in [0.4, 0.5) is 5.69 Å². The molecule has 0 aliphatic carbocycles. The number of rotatable bonds is 5. The van der Waals surface area contributed by atoms with Gasteiger partial charge in [0.15, 0.2) is 0 Å². The lowest BCUT2D eigenvalue weighted by Crippen LogP contribution is -2.37. The third-order valence-electron chi connectivity index (χ3n) is 2.79. The number of carbonyl (C=O) groups is 1. The molecule has 0 aliphatic rings. The van der Waals surface area contributed by atoms with Crippen LogP contribution < -0.4 is 10.6 Å². The van der Waals surface area contributed by atoms with Crippen LogP contribution in [0.2, 0.25) is 0 Å². The molecule has 0 radical (unpaired) electrons. The number of hydrogen-bond donors (Lipinski definition) is 2. The molecule has 0 aliphatic heterocycles. The Kier molecular flexibility index (Phi) is 4.76. The van der Waals surface area contributed by atoms with Gasteiger partial charge in [0.05, 0.1) is 0 Å². The Labute approximate surface area is 103 Å². The molecule has 0 fully saturated rings. The first kappa shape index (κ1) is 13.3. The van der Waals surface area contributed by atoms with Gasteiger partial charge in [-0.1, -0.05) is 18.2 Å². The van der Waals surface area contributed by atoms with E-state index >= 15 is 0 Å². The van der Waals surface area contributed by atoms with E-state index in [-0.39, 0.29) is 11.9 Å². The van der Waals surface area contributed by atoms with Crippen LogP contribution in [0, 0.1) is 13.8 Å². The van der Waals surface area contributed by atoms with Gasteiger partial charge in [-0.2, -0.15) is 0 Å². The maximum atomic E-state index is 11.7. The highest BCUT2D eigenvalue weighted by atomic mass is 16.2. The minimum atomic E-state index is -0.254. The fraction of sp³-hybridized carbons (Fsp3) is 0.357. The number of amides is 1. The van der Waals surface area contributed by atoms with Crippen molar-refractivity contribution in [3.05, 3.63) is 42.0 Å². The Balaban J connectivity index is 2.67. The van der Waals surface area contributed by atoms with Crippen molar-refractivity contribution in [1.29, 1.82) is 0 Å². The number of hydrogen-bond acceptors (Lipinski definition) is 2. The predicted molar refractivity (Wildman–Crippen MR) is 72.2 cm³/mol. The van der Waals surface area contributed by atoms with Gasteiger partial charge in [0.2, 0.25) is 5.91 Å². The van der Waals surface area contributed by atoms with E-state index in [4.69, 9.17) is 0 Å². The molecule has 1 unspecified atom stereocenters. The molecule has 1 atom stereocenters. The minimum absolute atomic E-state index is 0.0224. The normalized spacial score (nSPS) is 11.7. The summed E-state index contributed by atoms with van der Waals surface area (Å²) >= 11 is 0. The zero-order valence-corrected chi connectivity index (χ0v) is 10.7. The molecule has 3 nitrogen and oxygen atoms in total. The van der Waals surface area contributed by atoms with Crippen LogP contribution in [0.3, 0.4) is 0 Å².